The molecule has 1 aliphatic rings. The Hall–Kier alpha value is -1.40. The Kier molecular flexibility index (Phi) is 2.69. The first-order valence-electron chi connectivity index (χ1n) is 5.17. The van der Waals surface area contributed by atoms with Gasteiger partial charge in [0.25, 0.3) is 0 Å². The first-order valence-corrected chi connectivity index (χ1v) is 5.17. The number of amides is 1. The molecule has 0 bridgehead atoms. The molecule has 0 saturated carbocycles. The number of nitrogens with one attached hydrogen (secondary N) is 1. The number of rotatable bonds is 2. The topological polar surface area (TPSA) is 82.2 Å². The van der Waals surface area contributed by atoms with E-state index < -0.39 is 5.41 Å². The molecule has 1 aromatic heterocycles. The van der Waals surface area contributed by atoms with Gasteiger partial charge in [0.1, 0.15) is 5.82 Å². The van der Waals surface area contributed by atoms with E-state index in [0.717, 1.165) is 0 Å². The first kappa shape index (κ1) is 11.1. The van der Waals surface area contributed by atoms with Crippen molar-refractivity contribution in [3.63, 3.8) is 0 Å². The van der Waals surface area contributed by atoms with Crippen molar-refractivity contribution in [2.45, 2.75) is 13.0 Å². The molecule has 6 nitrogen and oxygen atoms in total. The number of anilines is 1. The van der Waals surface area contributed by atoms with Crippen LogP contribution in [0.15, 0.2) is 12.3 Å². The largest absolute Gasteiger partial charge is 0.379 e. The van der Waals surface area contributed by atoms with Crippen molar-refractivity contribution in [1.82, 2.24) is 9.78 Å². The number of carbonyl (C=O) groups excluding carboxylic acids is 1. The summed E-state index contributed by atoms with van der Waals surface area (Å²) < 4.78 is 6.83. The minimum Gasteiger partial charge on any atom is -0.379 e. The van der Waals surface area contributed by atoms with Crippen LogP contribution in [0.25, 0.3) is 0 Å². The number of hydrogen-bond donors (Lipinski definition) is 2. The van der Waals surface area contributed by atoms with Crippen molar-refractivity contribution < 1.29 is 9.53 Å². The van der Waals surface area contributed by atoms with Gasteiger partial charge >= 0.3 is 0 Å². The summed E-state index contributed by atoms with van der Waals surface area (Å²) in [4.78, 5) is 12.1. The highest BCUT2D eigenvalue weighted by Gasteiger charge is 2.44. The third-order valence-corrected chi connectivity index (χ3v) is 3.10. The lowest BCUT2D eigenvalue weighted by molar-refractivity contribution is -0.125. The van der Waals surface area contributed by atoms with Gasteiger partial charge in [-0.15, -0.1) is 0 Å². The first-order chi connectivity index (χ1) is 7.54. The molecule has 16 heavy (non-hydrogen) atoms. The smallest absolute Gasteiger partial charge is 0.235 e. The summed E-state index contributed by atoms with van der Waals surface area (Å²) in [6.07, 6.45) is 1.63. The second-order valence-electron chi connectivity index (χ2n) is 4.33. The van der Waals surface area contributed by atoms with Crippen LogP contribution in [0.1, 0.15) is 6.92 Å². The summed E-state index contributed by atoms with van der Waals surface area (Å²) in [5, 5.41) is 6.78. The van der Waals surface area contributed by atoms with E-state index in [4.69, 9.17) is 10.5 Å². The molecule has 2 atom stereocenters. The highest BCUT2D eigenvalue weighted by atomic mass is 16.5. The molecular formula is C10H16N4O2. The van der Waals surface area contributed by atoms with E-state index in [-0.39, 0.29) is 11.9 Å². The maximum Gasteiger partial charge on any atom is 0.235 e. The number of ether oxygens (including phenoxy) is 1. The van der Waals surface area contributed by atoms with Gasteiger partial charge in [0.05, 0.1) is 24.8 Å². The molecule has 0 aliphatic carbocycles. The van der Waals surface area contributed by atoms with Crippen LogP contribution in [-0.2, 0) is 16.6 Å². The zero-order valence-electron chi connectivity index (χ0n) is 9.43. The quantitative estimate of drug-likeness (QED) is 0.724. The summed E-state index contributed by atoms with van der Waals surface area (Å²) in [6.45, 7) is 2.60. The van der Waals surface area contributed by atoms with E-state index in [1.165, 1.54) is 0 Å². The molecule has 0 spiro atoms. The number of nitrogens with two attached hydrogens (primary N) is 1. The highest BCUT2D eigenvalue weighted by Crippen LogP contribution is 2.28. The molecule has 2 heterocycles. The van der Waals surface area contributed by atoms with Crippen LogP contribution in [0.3, 0.4) is 0 Å². The summed E-state index contributed by atoms with van der Waals surface area (Å²) in [5.41, 5.74) is 5.21. The van der Waals surface area contributed by atoms with Crippen molar-refractivity contribution in [2.75, 3.05) is 18.5 Å². The highest BCUT2D eigenvalue weighted by molar-refractivity contribution is 5.95. The summed E-state index contributed by atoms with van der Waals surface area (Å²) >= 11 is 0. The molecule has 0 radical (unpaired) electrons. The van der Waals surface area contributed by atoms with E-state index in [9.17, 15) is 4.79 Å². The number of aromatic nitrogens is 2. The van der Waals surface area contributed by atoms with Crippen molar-refractivity contribution in [3.05, 3.63) is 12.3 Å². The van der Waals surface area contributed by atoms with Crippen molar-refractivity contribution in [2.24, 2.45) is 18.2 Å². The van der Waals surface area contributed by atoms with E-state index in [1.54, 1.807) is 24.0 Å². The molecule has 88 valence electrons. The number of carbonyl (C=O) groups is 1. The van der Waals surface area contributed by atoms with Gasteiger partial charge in [-0.2, -0.15) is 5.10 Å². The van der Waals surface area contributed by atoms with Crippen molar-refractivity contribution in [3.8, 4) is 0 Å². The maximum atomic E-state index is 12.1. The van der Waals surface area contributed by atoms with Gasteiger partial charge < -0.3 is 15.8 Å². The molecule has 2 unspecified atom stereocenters. The molecule has 1 aliphatic heterocycles. The van der Waals surface area contributed by atoms with Gasteiger partial charge in [-0.05, 0) is 6.92 Å². The molecule has 1 amide bonds. The number of hydrogen-bond acceptors (Lipinski definition) is 4. The Morgan fingerprint density at radius 3 is 3.06 bits per heavy atom. The third-order valence-electron chi connectivity index (χ3n) is 3.10. The van der Waals surface area contributed by atoms with Gasteiger partial charge in [-0.3, -0.25) is 9.48 Å². The fourth-order valence-electron chi connectivity index (χ4n) is 1.68. The predicted molar refractivity (Wildman–Crippen MR) is 58.7 cm³/mol. The van der Waals surface area contributed by atoms with Gasteiger partial charge in [0.2, 0.25) is 5.91 Å². The van der Waals surface area contributed by atoms with Crippen LogP contribution >= 0.6 is 0 Å². The van der Waals surface area contributed by atoms with E-state index >= 15 is 0 Å². The van der Waals surface area contributed by atoms with Crippen molar-refractivity contribution >= 4 is 11.7 Å². The summed E-state index contributed by atoms with van der Waals surface area (Å²) in [7, 11) is 1.77. The lowest BCUT2D eigenvalue weighted by atomic mass is 9.85. The SMILES string of the molecule is Cn1nccc1NC(=O)C1(C)COCC1N. The summed E-state index contributed by atoms with van der Waals surface area (Å²) in [5.74, 6) is 0.534. The lowest BCUT2D eigenvalue weighted by Crippen LogP contribution is -2.47. The second-order valence-corrected chi connectivity index (χ2v) is 4.33. The average molecular weight is 224 g/mol. The monoisotopic (exact) mass is 224 g/mol. The second kappa shape index (κ2) is 3.88. The number of aryl methyl sites for hydroxylation is 1. The molecule has 1 fully saturated rings. The molecular weight excluding hydrogens is 208 g/mol. The maximum absolute atomic E-state index is 12.1. The molecule has 1 saturated heterocycles. The Balaban J connectivity index is 2.11. The van der Waals surface area contributed by atoms with Crippen molar-refractivity contribution in [1.29, 1.82) is 0 Å². The minimum absolute atomic E-state index is 0.124. The molecule has 3 N–H and O–H groups in total. The standard InChI is InChI=1S/C10H16N4O2/c1-10(6-16-5-7(10)11)9(15)13-8-3-4-12-14(8)2/h3-4,7H,5-6,11H2,1-2H3,(H,13,15). The van der Waals surface area contributed by atoms with Gasteiger partial charge in [-0.1, -0.05) is 0 Å². The lowest BCUT2D eigenvalue weighted by Gasteiger charge is -2.25. The number of nitrogens with zero attached hydrogens (tertiary/aromatic N) is 2. The molecule has 1 aromatic rings. The van der Waals surface area contributed by atoms with Crippen LogP contribution in [0.5, 0.6) is 0 Å². The van der Waals surface area contributed by atoms with Crippen LogP contribution in [0, 0.1) is 5.41 Å². The van der Waals surface area contributed by atoms with Gasteiger partial charge in [0, 0.05) is 19.2 Å². The van der Waals surface area contributed by atoms with Crippen LogP contribution in [-0.4, -0.2) is 34.9 Å². The molecule has 6 heteroatoms. The van der Waals surface area contributed by atoms with E-state index in [2.05, 4.69) is 10.4 Å². The Morgan fingerprint density at radius 2 is 2.56 bits per heavy atom. The molecule has 0 aromatic carbocycles. The van der Waals surface area contributed by atoms with Gasteiger partial charge in [0.15, 0.2) is 0 Å². The van der Waals surface area contributed by atoms with Gasteiger partial charge in [-0.25, -0.2) is 0 Å². The Bertz CT molecular complexity index is 403. The Morgan fingerprint density at radius 1 is 1.81 bits per heavy atom. The van der Waals surface area contributed by atoms with E-state index in [0.29, 0.717) is 19.0 Å². The average Bonchev–Trinajstić information content (AvgIpc) is 2.77. The third kappa shape index (κ3) is 1.70. The summed E-state index contributed by atoms with van der Waals surface area (Å²) in [6, 6.07) is 1.48. The van der Waals surface area contributed by atoms with Crippen LogP contribution in [0.4, 0.5) is 5.82 Å². The molecule has 2 rings (SSSR count). The van der Waals surface area contributed by atoms with Crippen LogP contribution < -0.4 is 11.1 Å². The minimum atomic E-state index is -0.662. The Labute approximate surface area is 93.8 Å². The van der Waals surface area contributed by atoms with Crippen LogP contribution in [0.2, 0.25) is 0 Å². The zero-order valence-corrected chi connectivity index (χ0v) is 9.43. The van der Waals surface area contributed by atoms with E-state index in [1.807, 2.05) is 6.92 Å². The zero-order chi connectivity index (χ0) is 11.8. The normalized spacial score (nSPS) is 29.3. The predicted octanol–water partition coefficient (Wildman–Crippen LogP) is -0.278. The fraction of sp³-hybridized carbons (Fsp3) is 0.600. The fourth-order valence-corrected chi connectivity index (χ4v) is 1.68.